The van der Waals surface area contributed by atoms with E-state index < -0.39 is 0 Å². The van der Waals surface area contributed by atoms with Crippen LogP contribution in [0.3, 0.4) is 0 Å². The van der Waals surface area contributed by atoms with E-state index in [1.54, 1.807) is 0 Å². The third kappa shape index (κ3) is 5.64. The van der Waals surface area contributed by atoms with Crippen LogP contribution in [-0.4, -0.2) is 62.8 Å². The third-order valence-electron chi connectivity index (χ3n) is 5.43. The van der Waals surface area contributed by atoms with E-state index in [9.17, 15) is 0 Å². The lowest BCUT2D eigenvalue weighted by Gasteiger charge is -2.34. The van der Waals surface area contributed by atoms with Gasteiger partial charge in [-0.15, -0.1) is 0 Å². The molecule has 0 saturated carbocycles. The minimum absolute atomic E-state index is 0.349. The summed E-state index contributed by atoms with van der Waals surface area (Å²) < 4.78 is 5.67. The van der Waals surface area contributed by atoms with Gasteiger partial charge in [-0.25, -0.2) is 0 Å². The monoisotopic (exact) mass is 324 g/mol. The molecule has 0 spiro atoms. The molecule has 5 heteroatoms. The molecule has 2 aliphatic rings. The molecule has 0 aliphatic carbocycles. The molecule has 0 aromatic carbocycles. The summed E-state index contributed by atoms with van der Waals surface area (Å²) in [4.78, 5) is 7.06. The highest BCUT2D eigenvalue weighted by Crippen LogP contribution is 2.22. The van der Waals surface area contributed by atoms with Gasteiger partial charge >= 0.3 is 0 Å². The highest BCUT2D eigenvalue weighted by atomic mass is 16.5. The second kappa shape index (κ2) is 10.1. The van der Waals surface area contributed by atoms with Gasteiger partial charge in [0.1, 0.15) is 0 Å². The van der Waals surface area contributed by atoms with E-state index in [4.69, 9.17) is 4.74 Å². The minimum atomic E-state index is 0.349. The summed E-state index contributed by atoms with van der Waals surface area (Å²) in [7, 11) is 1.85. The SMILES string of the molecule is CCC(CC)C(CNC(=NC)NCC1CCCO1)N1CCCC1. The van der Waals surface area contributed by atoms with Crippen LogP contribution in [0.15, 0.2) is 4.99 Å². The molecule has 0 bridgehead atoms. The molecule has 134 valence electrons. The number of aliphatic imine (C=N–C) groups is 1. The Hall–Kier alpha value is -0.810. The van der Waals surface area contributed by atoms with Crippen LogP contribution in [0.2, 0.25) is 0 Å². The Morgan fingerprint density at radius 1 is 1.17 bits per heavy atom. The van der Waals surface area contributed by atoms with Crippen LogP contribution in [0, 0.1) is 5.92 Å². The van der Waals surface area contributed by atoms with Crippen molar-refractivity contribution < 1.29 is 4.74 Å². The second-order valence-electron chi connectivity index (χ2n) is 6.86. The summed E-state index contributed by atoms with van der Waals surface area (Å²) in [6.07, 6.45) is 7.90. The smallest absolute Gasteiger partial charge is 0.191 e. The lowest BCUT2D eigenvalue weighted by molar-refractivity contribution is 0.113. The van der Waals surface area contributed by atoms with Crippen molar-refractivity contribution in [3.63, 3.8) is 0 Å². The van der Waals surface area contributed by atoms with Crippen LogP contribution >= 0.6 is 0 Å². The third-order valence-corrected chi connectivity index (χ3v) is 5.43. The zero-order valence-electron chi connectivity index (χ0n) is 15.3. The molecule has 2 heterocycles. The number of rotatable bonds is 8. The topological polar surface area (TPSA) is 48.9 Å². The zero-order valence-corrected chi connectivity index (χ0v) is 15.3. The quantitative estimate of drug-likeness (QED) is 0.531. The number of guanidine groups is 1. The van der Waals surface area contributed by atoms with E-state index in [0.717, 1.165) is 38.0 Å². The first-order valence-corrected chi connectivity index (χ1v) is 9.58. The Morgan fingerprint density at radius 3 is 2.48 bits per heavy atom. The van der Waals surface area contributed by atoms with Gasteiger partial charge in [-0.2, -0.15) is 0 Å². The standard InChI is InChI=1S/C18H36N4O/c1-4-15(5-2)17(22-10-6-7-11-22)14-21-18(19-3)20-13-16-9-8-12-23-16/h15-17H,4-14H2,1-3H3,(H2,19,20,21). The predicted octanol–water partition coefficient (Wildman–Crippen LogP) is 2.23. The molecule has 2 N–H and O–H groups in total. The van der Waals surface area contributed by atoms with E-state index >= 15 is 0 Å². The number of hydrogen-bond donors (Lipinski definition) is 2. The molecule has 2 saturated heterocycles. The highest BCUT2D eigenvalue weighted by Gasteiger charge is 2.27. The van der Waals surface area contributed by atoms with Gasteiger partial charge < -0.3 is 15.4 Å². The summed E-state index contributed by atoms with van der Waals surface area (Å²) in [6.45, 7) is 9.90. The van der Waals surface area contributed by atoms with Crippen molar-refractivity contribution in [1.82, 2.24) is 15.5 Å². The number of hydrogen-bond acceptors (Lipinski definition) is 3. The van der Waals surface area contributed by atoms with Gasteiger partial charge in [0.15, 0.2) is 5.96 Å². The number of nitrogens with zero attached hydrogens (tertiary/aromatic N) is 2. The zero-order chi connectivity index (χ0) is 16.5. The molecule has 2 unspecified atom stereocenters. The van der Waals surface area contributed by atoms with E-state index in [2.05, 4.69) is 34.4 Å². The molecule has 2 fully saturated rings. The van der Waals surface area contributed by atoms with Crippen LogP contribution in [0.1, 0.15) is 52.4 Å². The molecule has 2 rings (SSSR count). The summed E-state index contributed by atoms with van der Waals surface area (Å²) in [5.41, 5.74) is 0. The minimum Gasteiger partial charge on any atom is -0.376 e. The van der Waals surface area contributed by atoms with Crippen molar-refractivity contribution in [1.29, 1.82) is 0 Å². The van der Waals surface area contributed by atoms with E-state index in [1.165, 1.54) is 45.2 Å². The average molecular weight is 325 g/mol. The lowest BCUT2D eigenvalue weighted by atomic mass is 9.93. The lowest BCUT2D eigenvalue weighted by Crippen LogP contribution is -2.50. The molecule has 0 aromatic rings. The second-order valence-corrected chi connectivity index (χ2v) is 6.86. The Kier molecular flexibility index (Phi) is 8.17. The van der Waals surface area contributed by atoms with Crippen LogP contribution in [0.4, 0.5) is 0 Å². The van der Waals surface area contributed by atoms with E-state index in [0.29, 0.717) is 12.1 Å². The summed E-state index contributed by atoms with van der Waals surface area (Å²) in [6, 6.07) is 0.619. The molecule has 5 nitrogen and oxygen atoms in total. The molecular weight excluding hydrogens is 288 g/mol. The number of nitrogens with one attached hydrogen (secondary N) is 2. The van der Waals surface area contributed by atoms with Gasteiger partial charge in [0.25, 0.3) is 0 Å². The maximum absolute atomic E-state index is 5.67. The maximum atomic E-state index is 5.67. The van der Waals surface area contributed by atoms with Crippen molar-refractivity contribution in [2.75, 3.05) is 39.8 Å². The normalized spacial score (nSPS) is 24.3. The fourth-order valence-corrected chi connectivity index (χ4v) is 3.94. The fraction of sp³-hybridized carbons (Fsp3) is 0.944. The van der Waals surface area contributed by atoms with Gasteiger partial charge in [0.05, 0.1) is 6.10 Å². The maximum Gasteiger partial charge on any atom is 0.191 e. The van der Waals surface area contributed by atoms with Gasteiger partial charge in [-0.05, 0) is 44.7 Å². The molecule has 2 atom stereocenters. The van der Waals surface area contributed by atoms with Crippen LogP contribution in [0.25, 0.3) is 0 Å². The first-order chi connectivity index (χ1) is 11.3. The van der Waals surface area contributed by atoms with Gasteiger partial charge in [0, 0.05) is 32.8 Å². The summed E-state index contributed by atoms with van der Waals surface area (Å²) >= 11 is 0. The van der Waals surface area contributed by atoms with E-state index in [1.807, 2.05) is 7.05 Å². The van der Waals surface area contributed by atoms with Crippen LogP contribution in [-0.2, 0) is 4.74 Å². The van der Waals surface area contributed by atoms with Crippen molar-refractivity contribution >= 4 is 5.96 Å². The predicted molar refractivity (Wildman–Crippen MR) is 97.0 cm³/mol. The number of likely N-dealkylation sites (tertiary alicyclic amines) is 1. The van der Waals surface area contributed by atoms with Gasteiger partial charge in [-0.1, -0.05) is 26.7 Å². The molecule has 0 radical (unpaired) electrons. The van der Waals surface area contributed by atoms with Gasteiger partial charge in [0.2, 0.25) is 0 Å². The molecule has 0 amide bonds. The molecular formula is C18H36N4O. The first kappa shape index (κ1) is 18.5. The van der Waals surface area contributed by atoms with Gasteiger partial charge in [-0.3, -0.25) is 9.89 Å². The van der Waals surface area contributed by atoms with Crippen molar-refractivity contribution in [2.45, 2.75) is 64.5 Å². The first-order valence-electron chi connectivity index (χ1n) is 9.58. The summed E-state index contributed by atoms with van der Waals surface area (Å²) in [5.74, 6) is 1.67. The average Bonchev–Trinajstić information content (AvgIpc) is 3.27. The van der Waals surface area contributed by atoms with E-state index in [-0.39, 0.29) is 0 Å². The van der Waals surface area contributed by atoms with Crippen LogP contribution in [0.5, 0.6) is 0 Å². The molecule has 23 heavy (non-hydrogen) atoms. The Bertz CT molecular complexity index is 343. The van der Waals surface area contributed by atoms with Crippen LogP contribution < -0.4 is 10.6 Å². The fourth-order valence-electron chi connectivity index (χ4n) is 3.94. The Labute approximate surface area is 142 Å². The summed E-state index contributed by atoms with van der Waals surface area (Å²) in [5, 5.41) is 6.99. The Morgan fingerprint density at radius 2 is 1.91 bits per heavy atom. The van der Waals surface area contributed by atoms with Crippen molar-refractivity contribution in [3.8, 4) is 0 Å². The van der Waals surface area contributed by atoms with Crippen molar-refractivity contribution in [2.24, 2.45) is 10.9 Å². The highest BCUT2D eigenvalue weighted by molar-refractivity contribution is 5.79. The van der Waals surface area contributed by atoms with Crippen molar-refractivity contribution in [3.05, 3.63) is 0 Å². The largest absolute Gasteiger partial charge is 0.376 e. The number of ether oxygens (including phenoxy) is 1. The molecule has 2 aliphatic heterocycles. The Balaban J connectivity index is 1.82. The molecule has 0 aromatic heterocycles.